The Morgan fingerprint density at radius 3 is 2.85 bits per heavy atom. The summed E-state index contributed by atoms with van der Waals surface area (Å²) in [6.07, 6.45) is 13.7. The van der Waals surface area contributed by atoms with Crippen LogP contribution in [0.3, 0.4) is 0 Å². The van der Waals surface area contributed by atoms with Gasteiger partial charge in [0.05, 0.1) is 0 Å². The number of hydrogen-bond donors (Lipinski definition) is 0. The molecule has 140 valence electrons. The fourth-order valence-electron chi connectivity index (χ4n) is 9.19. The third kappa shape index (κ3) is 1.59. The molecule has 0 radical (unpaired) electrons. The fraction of sp³-hybridized carbons (Fsp3) is 0.840. The van der Waals surface area contributed by atoms with Gasteiger partial charge in [-0.1, -0.05) is 31.4 Å². The van der Waals surface area contributed by atoms with Crippen molar-refractivity contribution in [2.45, 2.75) is 90.5 Å². The Hall–Kier alpha value is -0.740. The summed E-state index contributed by atoms with van der Waals surface area (Å²) in [5, 5.41) is 0. The second-order valence-electron chi connectivity index (χ2n) is 11.2. The average Bonchev–Trinajstić information content (AvgIpc) is 2.91. The van der Waals surface area contributed by atoms with Crippen molar-refractivity contribution in [3.8, 4) is 11.8 Å². The van der Waals surface area contributed by atoms with Crippen LogP contribution in [0.4, 0.5) is 0 Å². The molecular weight excluding hydrogens is 314 g/mol. The summed E-state index contributed by atoms with van der Waals surface area (Å²) in [5.41, 5.74) is 5.60. The first-order valence-electron chi connectivity index (χ1n) is 11.4. The zero-order valence-electron chi connectivity index (χ0n) is 17.1. The maximum Gasteiger partial charge on any atom is 0.0374 e. The topological polar surface area (TPSA) is 3.01 Å². The summed E-state index contributed by atoms with van der Waals surface area (Å²) < 4.78 is 0. The lowest BCUT2D eigenvalue weighted by atomic mass is 9.46. The van der Waals surface area contributed by atoms with E-state index in [4.69, 9.17) is 0 Å². The Bertz CT molecular complexity index is 767. The minimum Gasteiger partial charge on any atom is -0.294 e. The quantitative estimate of drug-likeness (QED) is 0.314. The van der Waals surface area contributed by atoms with Gasteiger partial charge in [0.25, 0.3) is 0 Å². The summed E-state index contributed by atoms with van der Waals surface area (Å²) in [6.45, 7) is 10.5. The SMILES string of the molecule is CC1=C2CC34CCC(C)C2(CC1)C3(C)CC#CCC1CCCC12CN2C4. The van der Waals surface area contributed by atoms with Gasteiger partial charge in [-0.3, -0.25) is 4.90 Å². The Labute approximate surface area is 160 Å². The van der Waals surface area contributed by atoms with E-state index in [9.17, 15) is 0 Å². The summed E-state index contributed by atoms with van der Waals surface area (Å²) in [5.74, 6) is 9.22. The summed E-state index contributed by atoms with van der Waals surface area (Å²) >= 11 is 0. The Morgan fingerprint density at radius 1 is 1.08 bits per heavy atom. The lowest BCUT2D eigenvalue weighted by Gasteiger charge is -2.58. The molecule has 4 aliphatic carbocycles. The summed E-state index contributed by atoms with van der Waals surface area (Å²) in [6, 6.07) is 0. The molecule has 1 saturated heterocycles. The van der Waals surface area contributed by atoms with Gasteiger partial charge in [-0.2, -0.15) is 0 Å². The first-order valence-corrected chi connectivity index (χ1v) is 11.4. The van der Waals surface area contributed by atoms with Crippen molar-refractivity contribution in [1.29, 1.82) is 0 Å². The van der Waals surface area contributed by atoms with Crippen molar-refractivity contribution in [2.75, 3.05) is 13.1 Å². The van der Waals surface area contributed by atoms with Crippen molar-refractivity contribution < 1.29 is 0 Å². The number of hydrogen-bond acceptors (Lipinski definition) is 1. The highest BCUT2D eigenvalue weighted by molar-refractivity contribution is 5.42. The van der Waals surface area contributed by atoms with Gasteiger partial charge >= 0.3 is 0 Å². The molecule has 1 nitrogen and oxygen atoms in total. The van der Waals surface area contributed by atoms with Crippen molar-refractivity contribution >= 4 is 0 Å². The minimum atomic E-state index is 0.396. The van der Waals surface area contributed by atoms with Gasteiger partial charge in [0.2, 0.25) is 0 Å². The highest BCUT2D eigenvalue weighted by Gasteiger charge is 2.73. The highest BCUT2D eigenvalue weighted by Crippen LogP contribution is 2.79. The third-order valence-electron chi connectivity index (χ3n) is 10.8. The average molecular weight is 350 g/mol. The normalized spacial score (nSPS) is 56.8. The second kappa shape index (κ2) is 4.81. The molecule has 0 aromatic rings. The molecule has 6 aliphatic rings. The monoisotopic (exact) mass is 349 g/mol. The van der Waals surface area contributed by atoms with E-state index >= 15 is 0 Å². The molecule has 6 rings (SSSR count). The molecule has 7 unspecified atom stereocenters. The van der Waals surface area contributed by atoms with Crippen molar-refractivity contribution in [3.05, 3.63) is 11.1 Å². The standard InChI is InChI=1S/C25H35N/c1-18-9-14-25-19(2)10-13-23(15-21(18)25)16-26-17-24(26)12-6-8-20(24)7-4-5-11-22(23,25)3/h19-20H,6-17H2,1-3H3. The summed E-state index contributed by atoms with van der Waals surface area (Å²) in [7, 11) is 0. The second-order valence-corrected chi connectivity index (χ2v) is 11.2. The molecule has 3 saturated carbocycles. The van der Waals surface area contributed by atoms with E-state index in [0.717, 1.165) is 18.3 Å². The number of allylic oxidation sites excluding steroid dienone is 2. The van der Waals surface area contributed by atoms with Crippen LogP contribution >= 0.6 is 0 Å². The van der Waals surface area contributed by atoms with E-state index in [-0.39, 0.29) is 0 Å². The molecule has 26 heavy (non-hydrogen) atoms. The van der Waals surface area contributed by atoms with E-state index in [2.05, 4.69) is 37.5 Å². The van der Waals surface area contributed by atoms with E-state index < -0.39 is 0 Å². The van der Waals surface area contributed by atoms with Gasteiger partial charge in [0.15, 0.2) is 0 Å². The summed E-state index contributed by atoms with van der Waals surface area (Å²) in [4.78, 5) is 2.95. The molecule has 1 heteroatoms. The molecule has 0 aromatic carbocycles. The lowest BCUT2D eigenvalue weighted by Crippen LogP contribution is -2.54. The zero-order valence-corrected chi connectivity index (χ0v) is 17.1. The van der Waals surface area contributed by atoms with Crippen molar-refractivity contribution in [1.82, 2.24) is 4.90 Å². The smallest absolute Gasteiger partial charge is 0.0374 e. The van der Waals surface area contributed by atoms with Crippen LogP contribution in [0.15, 0.2) is 11.1 Å². The lowest BCUT2D eigenvalue weighted by molar-refractivity contribution is -0.0899. The van der Waals surface area contributed by atoms with Gasteiger partial charge in [-0.05, 0) is 74.5 Å². The minimum absolute atomic E-state index is 0.396. The number of nitrogens with zero attached hydrogens (tertiary/aromatic N) is 1. The Balaban J connectivity index is 1.51. The van der Waals surface area contributed by atoms with Crippen LogP contribution in [0.5, 0.6) is 0 Å². The fourth-order valence-corrected chi connectivity index (χ4v) is 9.19. The van der Waals surface area contributed by atoms with Gasteiger partial charge in [0.1, 0.15) is 0 Å². The third-order valence-corrected chi connectivity index (χ3v) is 10.8. The predicted molar refractivity (Wildman–Crippen MR) is 107 cm³/mol. The maximum atomic E-state index is 3.79. The van der Waals surface area contributed by atoms with E-state index in [1.807, 2.05) is 5.57 Å². The molecule has 2 heterocycles. The molecule has 0 aromatic heterocycles. The molecule has 2 aliphatic heterocycles. The van der Waals surface area contributed by atoms with Crippen LogP contribution < -0.4 is 0 Å². The largest absolute Gasteiger partial charge is 0.294 e. The van der Waals surface area contributed by atoms with Crippen molar-refractivity contribution in [2.24, 2.45) is 28.1 Å². The Kier molecular flexibility index (Phi) is 3.00. The molecule has 0 N–H and O–H groups in total. The first-order chi connectivity index (χ1) is 12.5. The highest BCUT2D eigenvalue weighted by atomic mass is 15.4. The molecule has 4 fully saturated rings. The Morgan fingerprint density at radius 2 is 1.96 bits per heavy atom. The zero-order chi connectivity index (χ0) is 17.8. The van der Waals surface area contributed by atoms with Crippen LogP contribution in [-0.4, -0.2) is 23.5 Å². The molecule has 2 bridgehead atoms. The van der Waals surface area contributed by atoms with Crippen LogP contribution in [0.25, 0.3) is 0 Å². The van der Waals surface area contributed by atoms with Crippen molar-refractivity contribution in [3.63, 3.8) is 0 Å². The van der Waals surface area contributed by atoms with Gasteiger partial charge in [-0.25, -0.2) is 0 Å². The van der Waals surface area contributed by atoms with Crippen LogP contribution in [0.2, 0.25) is 0 Å². The molecule has 2 spiro atoms. The maximum absolute atomic E-state index is 3.79. The first kappa shape index (κ1) is 16.2. The van der Waals surface area contributed by atoms with Crippen LogP contribution in [0.1, 0.15) is 85.0 Å². The van der Waals surface area contributed by atoms with Crippen LogP contribution in [-0.2, 0) is 0 Å². The number of rotatable bonds is 0. The van der Waals surface area contributed by atoms with E-state index in [1.54, 1.807) is 5.57 Å². The molecular formula is C25H35N. The molecule has 7 atom stereocenters. The van der Waals surface area contributed by atoms with Gasteiger partial charge in [0, 0.05) is 36.9 Å². The van der Waals surface area contributed by atoms with Gasteiger partial charge < -0.3 is 0 Å². The van der Waals surface area contributed by atoms with E-state index in [0.29, 0.717) is 21.8 Å². The predicted octanol–water partition coefficient (Wildman–Crippen LogP) is 5.56. The molecule has 0 amide bonds. The van der Waals surface area contributed by atoms with Crippen LogP contribution in [0, 0.1) is 39.9 Å². The van der Waals surface area contributed by atoms with Gasteiger partial charge in [-0.15, -0.1) is 11.8 Å². The van der Waals surface area contributed by atoms with E-state index in [1.165, 1.54) is 70.9 Å².